The molecule has 1 amide bonds. The molecule has 0 N–H and O–H groups in total. The van der Waals surface area contributed by atoms with Crippen LogP contribution in [0.5, 0.6) is 0 Å². The van der Waals surface area contributed by atoms with E-state index in [1.54, 1.807) is 0 Å². The number of carbonyl (C=O) groups excluding carboxylic acids is 1. The van der Waals surface area contributed by atoms with Crippen molar-refractivity contribution in [3.63, 3.8) is 0 Å². The Morgan fingerprint density at radius 1 is 1.12 bits per heavy atom. The van der Waals surface area contributed by atoms with Crippen LogP contribution in [0.2, 0.25) is 0 Å². The Morgan fingerprint density at radius 2 is 1.80 bits per heavy atom. The van der Waals surface area contributed by atoms with Gasteiger partial charge in [0.25, 0.3) is 0 Å². The predicted molar refractivity (Wildman–Crippen MR) is 99.1 cm³/mol. The highest BCUT2D eigenvalue weighted by Crippen LogP contribution is 2.27. The van der Waals surface area contributed by atoms with Gasteiger partial charge in [-0.05, 0) is 43.9 Å². The van der Waals surface area contributed by atoms with Crippen LogP contribution in [0.3, 0.4) is 0 Å². The minimum atomic E-state index is 0.299. The number of likely N-dealkylation sites (tertiary alicyclic amines) is 1. The molecule has 140 valence electrons. The van der Waals surface area contributed by atoms with Crippen LogP contribution in [0, 0.1) is 17.8 Å². The first-order chi connectivity index (χ1) is 12.1. The summed E-state index contributed by atoms with van der Waals surface area (Å²) in [4.78, 5) is 14.9. The summed E-state index contributed by atoms with van der Waals surface area (Å²) in [5, 5.41) is 8.57. The van der Waals surface area contributed by atoms with Gasteiger partial charge in [0.1, 0.15) is 0 Å². The van der Waals surface area contributed by atoms with Crippen LogP contribution >= 0.6 is 0 Å². The third-order valence-corrected chi connectivity index (χ3v) is 5.78. The van der Waals surface area contributed by atoms with E-state index in [1.807, 2.05) is 4.68 Å². The first-order valence-electron chi connectivity index (χ1n) is 10.3. The van der Waals surface area contributed by atoms with Crippen molar-refractivity contribution in [1.29, 1.82) is 0 Å². The molecule has 1 saturated carbocycles. The van der Waals surface area contributed by atoms with Crippen molar-refractivity contribution in [3.8, 4) is 0 Å². The summed E-state index contributed by atoms with van der Waals surface area (Å²) in [7, 11) is 0. The number of aromatic nitrogens is 3. The molecule has 0 bridgehead atoms. The van der Waals surface area contributed by atoms with E-state index in [0.29, 0.717) is 23.7 Å². The molecule has 0 aromatic carbocycles. The highest BCUT2D eigenvalue weighted by Gasteiger charge is 2.28. The number of carbonyl (C=O) groups is 1. The lowest BCUT2D eigenvalue weighted by atomic mass is 9.93. The normalized spacial score (nSPS) is 20.8. The maximum absolute atomic E-state index is 12.8. The van der Waals surface area contributed by atoms with Crippen molar-refractivity contribution >= 4 is 5.91 Å². The number of amides is 1. The largest absolute Gasteiger partial charge is 0.342 e. The van der Waals surface area contributed by atoms with Crippen LogP contribution in [0.25, 0.3) is 0 Å². The number of rotatable bonds is 5. The molecule has 1 saturated heterocycles. The fraction of sp³-hybridized carbons (Fsp3) is 0.850. The van der Waals surface area contributed by atoms with Gasteiger partial charge in [-0.1, -0.05) is 44.7 Å². The first kappa shape index (κ1) is 18.4. The smallest absolute Gasteiger partial charge is 0.225 e. The molecule has 2 aliphatic rings. The lowest BCUT2D eigenvalue weighted by Gasteiger charge is -2.34. The van der Waals surface area contributed by atoms with Crippen molar-refractivity contribution in [2.45, 2.75) is 78.2 Å². The Labute approximate surface area is 152 Å². The Hall–Kier alpha value is -1.39. The van der Waals surface area contributed by atoms with Gasteiger partial charge in [0.2, 0.25) is 5.91 Å². The Morgan fingerprint density at radius 3 is 2.44 bits per heavy atom. The lowest BCUT2D eigenvalue weighted by molar-refractivity contribution is -0.137. The average molecular weight is 347 g/mol. The Bertz CT molecular complexity index is 538. The molecule has 0 spiro atoms. The molecule has 0 atom stereocenters. The summed E-state index contributed by atoms with van der Waals surface area (Å²) in [5.41, 5.74) is 1.09. The molecule has 1 aliphatic carbocycles. The second-order valence-electron chi connectivity index (χ2n) is 8.49. The zero-order chi connectivity index (χ0) is 17.6. The highest BCUT2D eigenvalue weighted by molar-refractivity contribution is 5.78. The summed E-state index contributed by atoms with van der Waals surface area (Å²) < 4.78 is 2.01. The molecular weight excluding hydrogens is 312 g/mol. The van der Waals surface area contributed by atoms with E-state index in [-0.39, 0.29) is 0 Å². The minimum absolute atomic E-state index is 0.299. The number of hydrogen-bond donors (Lipinski definition) is 0. The monoisotopic (exact) mass is 346 g/mol. The minimum Gasteiger partial charge on any atom is -0.342 e. The molecular formula is C20H34N4O. The van der Waals surface area contributed by atoms with Crippen molar-refractivity contribution < 1.29 is 4.79 Å². The number of piperidine rings is 1. The van der Waals surface area contributed by atoms with Gasteiger partial charge in [0.15, 0.2) is 0 Å². The molecule has 3 rings (SSSR count). The fourth-order valence-corrected chi connectivity index (χ4v) is 4.32. The summed E-state index contributed by atoms with van der Waals surface area (Å²) in [6.45, 7) is 7.21. The van der Waals surface area contributed by atoms with Crippen molar-refractivity contribution in [2.75, 3.05) is 13.1 Å². The zero-order valence-electron chi connectivity index (χ0n) is 16.0. The standard InChI is InChI=1S/C20H34N4O/c1-16(2)13-19-15-24(22-21-19)14-17-9-11-23(12-10-17)20(25)18-7-5-3-4-6-8-18/h15-18H,3-14H2,1-2H3. The van der Waals surface area contributed by atoms with Crippen LogP contribution in [0.15, 0.2) is 6.20 Å². The van der Waals surface area contributed by atoms with E-state index in [4.69, 9.17) is 0 Å². The molecule has 1 aliphatic heterocycles. The van der Waals surface area contributed by atoms with E-state index in [1.165, 1.54) is 25.7 Å². The summed E-state index contributed by atoms with van der Waals surface area (Å²) in [5.74, 6) is 1.96. The average Bonchev–Trinajstić information content (AvgIpc) is 2.85. The Kier molecular flexibility index (Phi) is 6.49. The van der Waals surface area contributed by atoms with E-state index >= 15 is 0 Å². The molecule has 2 fully saturated rings. The first-order valence-corrected chi connectivity index (χ1v) is 10.3. The van der Waals surface area contributed by atoms with Crippen LogP contribution in [-0.4, -0.2) is 38.9 Å². The van der Waals surface area contributed by atoms with Gasteiger partial charge in [-0.25, -0.2) is 0 Å². The van der Waals surface area contributed by atoms with Crippen LogP contribution in [0.1, 0.15) is 70.9 Å². The molecule has 25 heavy (non-hydrogen) atoms. The van der Waals surface area contributed by atoms with Crippen LogP contribution < -0.4 is 0 Å². The molecule has 2 heterocycles. The quantitative estimate of drug-likeness (QED) is 0.764. The summed E-state index contributed by atoms with van der Waals surface area (Å²) in [6.07, 6.45) is 12.6. The van der Waals surface area contributed by atoms with E-state index < -0.39 is 0 Å². The Balaban J connectivity index is 1.45. The molecule has 1 aromatic rings. The van der Waals surface area contributed by atoms with Crippen molar-refractivity contribution in [1.82, 2.24) is 19.9 Å². The van der Waals surface area contributed by atoms with Gasteiger partial charge in [0, 0.05) is 31.7 Å². The molecule has 5 heteroatoms. The SMILES string of the molecule is CC(C)Cc1cn(CC2CCN(C(=O)C3CCCCCC3)CC2)nn1. The van der Waals surface area contributed by atoms with E-state index in [0.717, 1.165) is 57.4 Å². The van der Waals surface area contributed by atoms with Gasteiger partial charge in [-0.2, -0.15) is 0 Å². The topological polar surface area (TPSA) is 51.0 Å². The molecule has 0 unspecified atom stereocenters. The highest BCUT2D eigenvalue weighted by atomic mass is 16.2. The van der Waals surface area contributed by atoms with E-state index in [2.05, 4.69) is 35.3 Å². The lowest BCUT2D eigenvalue weighted by Crippen LogP contribution is -2.42. The molecule has 1 aromatic heterocycles. The second-order valence-corrected chi connectivity index (χ2v) is 8.49. The van der Waals surface area contributed by atoms with Crippen molar-refractivity contribution in [3.05, 3.63) is 11.9 Å². The number of hydrogen-bond acceptors (Lipinski definition) is 3. The van der Waals surface area contributed by atoms with Gasteiger partial charge >= 0.3 is 0 Å². The zero-order valence-corrected chi connectivity index (χ0v) is 16.0. The van der Waals surface area contributed by atoms with Gasteiger partial charge in [-0.15, -0.1) is 5.10 Å². The second kappa shape index (κ2) is 8.81. The predicted octanol–water partition coefficient (Wildman–Crippen LogP) is 3.69. The maximum Gasteiger partial charge on any atom is 0.225 e. The molecule has 5 nitrogen and oxygen atoms in total. The van der Waals surface area contributed by atoms with Gasteiger partial charge in [-0.3, -0.25) is 9.48 Å². The van der Waals surface area contributed by atoms with Gasteiger partial charge in [0.05, 0.1) is 5.69 Å². The summed E-state index contributed by atoms with van der Waals surface area (Å²) >= 11 is 0. The maximum atomic E-state index is 12.8. The van der Waals surface area contributed by atoms with Crippen LogP contribution in [-0.2, 0) is 17.8 Å². The summed E-state index contributed by atoms with van der Waals surface area (Å²) in [6, 6.07) is 0. The van der Waals surface area contributed by atoms with Crippen molar-refractivity contribution in [2.24, 2.45) is 17.8 Å². The van der Waals surface area contributed by atoms with Crippen LogP contribution in [0.4, 0.5) is 0 Å². The number of nitrogens with zero attached hydrogens (tertiary/aromatic N) is 4. The molecule has 0 radical (unpaired) electrons. The third-order valence-electron chi connectivity index (χ3n) is 5.78. The van der Waals surface area contributed by atoms with Gasteiger partial charge < -0.3 is 4.90 Å². The van der Waals surface area contributed by atoms with E-state index in [9.17, 15) is 4.79 Å². The fourth-order valence-electron chi connectivity index (χ4n) is 4.32. The third kappa shape index (κ3) is 5.29.